The van der Waals surface area contributed by atoms with Gasteiger partial charge in [-0.15, -0.1) is 0 Å². The van der Waals surface area contributed by atoms with Crippen LogP contribution < -0.4 is 10.1 Å². The SMILES string of the molecule is COc1ccccc1CNC(=O)COC(=O)[C@H](C)N1C(=O)[C@H]2CCCC[C@@H]2C1=O. The lowest BCUT2D eigenvalue weighted by molar-refractivity contribution is -0.159. The van der Waals surface area contributed by atoms with E-state index in [1.54, 1.807) is 13.2 Å². The van der Waals surface area contributed by atoms with E-state index in [2.05, 4.69) is 5.32 Å². The van der Waals surface area contributed by atoms with Crippen molar-refractivity contribution >= 4 is 23.7 Å². The summed E-state index contributed by atoms with van der Waals surface area (Å²) in [5.41, 5.74) is 0.791. The third-order valence-corrected chi connectivity index (χ3v) is 5.62. The Hall–Kier alpha value is -2.90. The Morgan fingerprint density at radius 1 is 1.14 bits per heavy atom. The molecule has 3 rings (SSSR count). The molecule has 156 valence electrons. The van der Waals surface area contributed by atoms with Crippen LogP contribution in [-0.4, -0.2) is 48.3 Å². The molecule has 8 heteroatoms. The maximum atomic E-state index is 12.6. The molecule has 0 aromatic heterocycles. The van der Waals surface area contributed by atoms with E-state index >= 15 is 0 Å². The van der Waals surface area contributed by atoms with Crippen molar-refractivity contribution in [1.29, 1.82) is 0 Å². The van der Waals surface area contributed by atoms with Crippen molar-refractivity contribution < 1.29 is 28.7 Å². The topological polar surface area (TPSA) is 102 Å². The number of hydrogen-bond donors (Lipinski definition) is 1. The van der Waals surface area contributed by atoms with Crippen molar-refractivity contribution in [3.8, 4) is 5.75 Å². The average molecular weight is 402 g/mol. The molecule has 29 heavy (non-hydrogen) atoms. The van der Waals surface area contributed by atoms with Gasteiger partial charge in [0.1, 0.15) is 11.8 Å². The molecule has 1 aromatic rings. The van der Waals surface area contributed by atoms with Crippen molar-refractivity contribution in [2.45, 2.75) is 45.2 Å². The minimum absolute atomic E-state index is 0.225. The summed E-state index contributed by atoms with van der Waals surface area (Å²) in [6, 6.07) is 6.21. The number of nitrogens with one attached hydrogen (secondary N) is 1. The third-order valence-electron chi connectivity index (χ3n) is 5.62. The quantitative estimate of drug-likeness (QED) is 0.547. The standard InChI is InChI=1S/C21H26N2O6/c1-13(23-19(25)15-8-4-5-9-16(15)20(23)26)21(27)29-12-18(24)22-11-14-7-3-6-10-17(14)28-2/h3,6-7,10,13,15-16H,4-5,8-9,11-12H2,1-2H3,(H,22,24)/t13-,15-,16-/m0/s1. The molecule has 8 nitrogen and oxygen atoms in total. The highest BCUT2D eigenvalue weighted by molar-refractivity contribution is 6.07. The summed E-state index contributed by atoms with van der Waals surface area (Å²) in [6.45, 7) is 1.20. The molecule has 1 saturated carbocycles. The molecule has 2 fully saturated rings. The molecule has 1 N–H and O–H groups in total. The summed E-state index contributed by atoms with van der Waals surface area (Å²) in [4.78, 5) is 50.5. The number of carbonyl (C=O) groups excluding carboxylic acids is 4. The fraction of sp³-hybridized carbons (Fsp3) is 0.524. The molecule has 3 amide bonds. The van der Waals surface area contributed by atoms with Crippen molar-refractivity contribution in [3.63, 3.8) is 0 Å². The molecule has 1 heterocycles. The van der Waals surface area contributed by atoms with E-state index in [4.69, 9.17) is 9.47 Å². The van der Waals surface area contributed by atoms with Gasteiger partial charge in [0.25, 0.3) is 5.91 Å². The first kappa shape index (κ1) is 20.8. The smallest absolute Gasteiger partial charge is 0.329 e. The lowest BCUT2D eigenvalue weighted by Crippen LogP contribution is -2.45. The minimum atomic E-state index is -1.04. The highest BCUT2D eigenvalue weighted by atomic mass is 16.5. The van der Waals surface area contributed by atoms with Gasteiger partial charge in [0, 0.05) is 12.1 Å². The summed E-state index contributed by atoms with van der Waals surface area (Å²) >= 11 is 0. The van der Waals surface area contributed by atoms with Gasteiger partial charge in [0.05, 0.1) is 18.9 Å². The van der Waals surface area contributed by atoms with Gasteiger partial charge < -0.3 is 14.8 Å². The molecule has 2 aliphatic rings. The molecular formula is C21H26N2O6. The lowest BCUT2D eigenvalue weighted by atomic mass is 9.81. The molecule has 0 spiro atoms. The summed E-state index contributed by atoms with van der Waals surface area (Å²) in [6.07, 6.45) is 3.19. The number of hydrogen-bond acceptors (Lipinski definition) is 6. The van der Waals surface area contributed by atoms with Gasteiger partial charge >= 0.3 is 5.97 Å². The van der Waals surface area contributed by atoms with Gasteiger partial charge in [-0.25, -0.2) is 4.79 Å². The fourth-order valence-electron chi connectivity index (χ4n) is 4.03. The minimum Gasteiger partial charge on any atom is -0.496 e. The van der Waals surface area contributed by atoms with Crippen LogP contribution >= 0.6 is 0 Å². The van der Waals surface area contributed by atoms with E-state index in [9.17, 15) is 19.2 Å². The Kier molecular flexibility index (Phi) is 6.51. The van der Waals surface area contributed by atoms with E-state index in [0.717, 1.165) is 23.3 Å². The zero-order valence-corrected chi connectivity index (χ0v) is 16.7. The maximum Gasteiger partial charge on any atom is 0.329 e. The number of amides is 3. The summed E-state index contributed by atoms with van der Waals surface area (Å²) in [5, 5.41) is 2.65. The number of esters is 1. The number of likely N-dealkylation sites (tertiary alicyclic amines) is 1. The molecule has 0 bridgehead atoms. The largest absolute Gasteiger partial charge is 0.496 e. The summed E-state index contributed by atoms with van der Waals surface area (Å²) in [7, 11) is 1.54. The molecule has 1 aromatic carbocycles. The van der Waals surface area contributed by atoms with Crippen LogP contribution in [0.1, 0.15) is 38.2 Å². The van der Waals surface area contributed by atoms with E-state index in [1.807, 2.05) is 18.2 Å². The molecule has 3 atom stereocenters. The number of imide groups is 1. The number of nitrogens with zero attached hydrogens (tertiary/aromatic N) is 1. The van der Waals surface area contributed by atoms with Gasteiger partial charge in [0.15, 0.2) is 6.61 Å². The Morgan fingerprint density at radius 3 is 2.38 bits per heavy atom. The molecular weight excluding hydrogens is 376 g/mol. The molecule has 1 aliphatic carbocycles. The highest BCUT2D eigenvalue weighted by Gasteiger charge is 2.51. The van der Waals surface area contributed by atoms with Gasteiger partial charge in [0.2, 0.25) is 11.8 Å². The summed E-state index contributed by atoms with van der Waals surface area (Å²) in [5.74, 6) is -1.85. The molecule has 0 radical (unpaired) electrons. The zero-order valence-electron chi connectivity index (χ0n) is 16.7. The second kappa shape index (κ2) is 9.07. The van der Waals surface area contributed by atoms with Crippen molar-refractivity contribution in [3.05, 3.63) is 29.8 Å². The monoisotopic (exact) mass is 402 g/mol. The number of benzene rings is 1. The van der Waals surface area contributed by atoms with Gasteiger partial charge in [-0.05, 0) is 25.8 Å². The normalized spacial score (nSPS) is 22.1. The number of ether oxygens (including phenoxy) is 2. The fourth-order valence-corrected chi connectivity index (χ4v) is 4.03. The number of carbonyl (C=O) groups is 4. The van der Waals surface area contributed by atoms with E-state index in [1.165, 1.54) is 6.92 Å². The Labute approximate surface area is 169 Å². The van der Waals surface area contributed by atoms with Crippen LogP contribution in [0.4, 0.5) is 0 Å². The van der Waals surface area contributed by atoms with Crippen molar-refractivity contribution in [2.75, 3.05) is 13.7 Å². The van der Waals surface area contributed by atoms with E-state index < -0.39 is 24.5 Å². The maximum absolute atomic E-state index is 12.6. The molecule has 0 unspecified atom stereocenters. The van der Waals surface area contributed by atoms with Crippen LogP contribution in [-0.2, 0) is 30.5 Å². The predicted octanol–water partition coefficient (Wildman–Crippen LogP) is 1.42. The number of fused-ring (bicyclic) bond motifs is 1. The van der Waals surface area contributed by atoms with Gasteiger partial charge in [-0.1, -0.05) is 31.0 Å². The first-order valence-corrected chi connectivity index (χ1v) is 9.86. The predicted molar refractivity (Wildman–Crippen MR) is 103 cm³/mol. The van der Waals surface area contributed by atoms with Gasteiger partial charge in [-0.3, -0.25) is 19.3 Å². The number of methoxy groups -OCH3 is 1. The van der Waals surface area contributed by atoms with Crippen LogP contribution in [0, 0.1) is 11.8 Å². The lowest BCUT2D eigenvalue weighted by Gasteiger charge is -2.21. The van der Waals surface area contributed by atoms with Crippen LogP contribution in [0.2, 0.25) is 0 Å². The average Bonchev–Trinajstić information content (AvgIpc) is 3.00. The highest BCUT2D eigenvalue weighted by Crippen LogP contribution is 2.38. The van der Waals surface area contributed by atoms with E-state index in [0.29, 0.717) is 18.6 Å². The number of rotatable bonds is 7. The van der Waals surface area contributed by atoms with Crippen LogP contribution in [0.15, 0.2) is 24.3 Å². The second-order valence-electron chi connectivity index (χ2n) is 7.42. The van der Waals surface area contributed by atoms with Crippen molar-refractivity contribution in [2.24, 2.45) is 11.8 Å². The molecule has 1 saturated heterocycles. The second-order valence-corrected chi connectivity index (χ2v) is 7.42. The van der Waals surface area contributed by atoms with Gasteiger partial charge in [-0.2, -0.15) is 0 Å². The van der Waals surface area contributed by atoms with Crippen molar-refractivity contribution in [1.82, 2.24) is 10.2 Å². The third kappa shape index (κ3) is 4.41. The molecule has 1 aliphatic heterocycles. The number of para-hydroxylation sites is 1. The van der Waals surface area contributed by atoms with E-state index in [-0.39, 0.29) is 30.2 Å². The Balaban J connectivity index is 1.50. The van der Waals surface area contributed by atoms with Crippen LogP contribution in [0.3, 0.4) is 0 Å². The Bertz CT molecular complexity index is 784. The van der Waals surface area contributed by atoms with Crippen LogP contribution in [0.5, 0.6) is 5.75 Å². The first-order chi connectivity index (χ1) is 13.9. The zero-order chi connectivity index (χ0) is 21.0. The Morgan fingerprint density at radius 2 is 1.76 bits per heavy atom. The van der Waals surface area contributed by atoms with Crippen LogP contribution in [0.25, 0.3) is 0 Å². The summed E-state index contributed by atoms with van der Waals surface area (Å²) < 4.78 is 10.3. The first-order valence-electron chi connectivity index (χ1n) is 9.86.